The predicted octanol–water partition coefficient (Wildman–Crippen LogP) is 1.70. The number of halogens is 1. The number of anilines is 1. The Kier molecular flexibility index (Phi) is 4.29. The molecule has 1 aliphatic rings. The van der Waals surface area contributed by atoms with Gasteiger partial charge in [-0.05, 0) is 25.5 Å². The standard InChI is InChI=1S/C13H16FN3O3/c1-16(13(18)9-4-3-7-15-8-9)10-5-2-6-11(12(10)14)17(19)20/h2,5-6,9,15H,3-4,7-8H2,1H3. The molecule has 0 aliphatic carbocycles. The van der Waals surface area contributed by atoms with Gasteiger partial charge < -0.3 is 10.2 Å². The monoisotopic (exact) mass is 281 g/mol. The van der Waals surface area contributed by atoms with Crippen LogP contribution in [0.1, 0.15) is 12.8 Å². The summed E-state index contributed by atoms with van der Waals surface area (Å²) in [6.45, 7) is 1.43. The molecule has 1 aromatic carbocycles. The number of amides is 1. The Labute approximate surface area is 115 Å². The topological polar surface area (TPSA) is 75.5 Å². The van der Waals surface area contributed by atoms with Crippen LogP contribution in [-0.4, -0.2) is 31.0 Å². The van der Waals surface area contributed by atoms with Gasteiger partial charge in [-0.25, -0.2) is 0 Å². The molecular weight excluding hydrogens is 265 g/mol. The summed E-state index contributed by atoms with van der Waals surface area (Å²) >= 11 is 0. The maximum absolute atomic E-state index is 14.1. The third-order valence-electron chi connectivity index (χ3n) is 3.49. The third kappa shape index (κ3) is 2.77. The molecule has 1 aliphatic heterocycles. The van der Waals surface area contributed by atoms with E-state index in [0.29, 0.717) is 6.54 Å². The highest BCUT2D eigenvalue weighted by molar-refractivity contribution is 5.95. The van der Waals surface area contributed by atoms with E-state index in [4.69, 9.17) is 0 Å². The molecule has 2 rings (SSSR count). The summed E-state index contributed by atoms with van der Waals surface area (Å²) in [4.78, 5) is 23.4. The Bertz CT molecular complexity index is 530. The zero-order chi connectivity index (χ0) is 14.7. The minimum Gasteiger partial charge on any atom is -0.316 e. The molecule has 20 heavy (non-hydrogen) atoms. The van der Waals surface area contributed by atoms with E-state index in [1.807, 2.05) is 0 Å². The Morgan fingerprint density at radius 3 is 2.90 bits per heavy atom. The highest BCUT2D eigenvalue weighted by atomic mass is 19.1. The SMILES string of the molecule is CN(C(=O)C1CCCNC1)c1cccc([N+](=O)[O-])c1F. The van der Waals surface area contributed by atoms with Crippen LogP contribution in [0.4, 0.5) is 15.8 Å². The Balaban J connectivity index is 2.24. The van der Waals surface area contributed by atoms with E-state index in [0.717, 1.165) is 25.5 Å². The zero-order valence-corrected chi connectivity index (χ0v) is 11.1. The fourth-order valence-electron chi connectivity index (χ4n) is 2.36. The molecule has 0 bridgehead atoms. The van der Waals surface area contributed by atoms with Gasteiger partial charge in [0.25, 0.3) is 0 Å². The number of hydrogen-bond acceptors (Lipinski definition) is 4. The van der Waals surface area contributed by atoms with Crippen LogP contribution in [0.3, 0.4) is 0 Å². The van der Waals surface area contributed by atoms with Crippen LogP contribution < -0.4 is 10.2 Å². The van der Waals surface area contributed by atoms with Crippen molar-refractivity contribution in [3.8, 4) is 0 Å². The van der Waals surface area contributed by atoms with Gasteiger partial charge in [0.1, 0.15) is 0 Å². The van der Waals surface area contributed by atoms with E-state index in [2.05, 4.69) is 5.32 Å². The molecule has 0 saturated carbocycles. The van der Waals surface area contributed by atoms with Crippen molar-refractivity contribution >= 4 is 17.3 Å². The molecule has 1 saturated heterocycles. The number of rotatable bonds is 3. The van der Waals surface area contributed by atoms with Crippen molar-refractivity contribution in [3.63, 3.8) is 0 Å². The van der Waals surface area contributed by atoms with Crippen molar-refractivity contribution in [1.82, 2.24) is 5.32 Å². The molecule has 1 unspecified atom stereocenters. The summed E-state index contributed by atoms with van der Waals surface area (Å²) in [5.74, 6) is -1.42. The second-order valence-electron chi connectivity index (χ2n) is 4.81. The highest BCUT2D eigenvalue weighted by Gasteiger charge is 2.28. The lowest BCUT2D eigenvalue weighted by Gasteiger charge is -2.27. The summed E-state index contributed by atoms with van der Waals surface area (Å²) in [5.41, 5.74) is -0.682. The largest absolute Gasteiger partial charge is 0.316 e. The maximum atomic E-state index is 14.1. The fraction of sp³-hybridized carbons (Fsp3) is 0.462. The second kappa shape index (κ2) is 5.96. The van der Waals surface area contributed by atoms with Crippen molar-refractivity contribution in [2.45, 2.75) is 12.8 Å². The lowest BCUT2D eigenvalue weighted by molar-refractivity contribution is -0.387. The van der Waals surface area contributed by atoms with Gasteiger partial charge in [-0.15, -0.1) is 0 Å². The summed E-state index contributed by atoms with van der Waals surface area (Å²) in [6.07, 6.45) is 1.63. The van der Waals surface area contributed by atoms with Gasteiger partial charge in [0, 0.05) is 19.7 Å². The number of carbonyl (C=O) groups is 1. The van der Waals surface area contributed by atoms with Crippen LogP contribution in [0.15, 0.2) is 18.2 Å². The van der Waals surface area contributed by atoms with Crippen molar-refractivity contribution in [2.75, 3.05) is 25.0 Å². The molecular formula is C13H16FN3O3. The lowest BCUT2D eigenvalue weighted by atomic mass is 9.98. The number of hydrogen-bond donors (Lipinski definition) is 1. The van der Waals surface area contributed by atoms with Crippen molar-refractivity contribution in [2.24, 2.45) is 5.92 Å². The summed E-state index contributed by atoms with van der Waals surface area (Å²) < 4.78 is 14.1. The van der Waals surface area contributed by atoms with Crippen LogP contribution in [0.25, 0.3) is 0 Å². The second-order valence-corrected chi connectivity index (χ2v) is 4.81. The zero-order valence-electron chi connectivity index (χ0n) is 11.1. The number of nitrogens with zero attached hydrogens (tertiary/aromatic N) is 2. The summed E-state index contributed by atoms with van der Waals surface area (Å²) in [7, 11) is 1.44. The van der Waals surface area contributed by atoms with E-state index in [-0.39, 0.29) is 17.5 Å². The average Bonchev–Trinajstić information content (AvgIpc) is 2.46. The van der Waals surface area contributed by atoms with Crippen LogP contribution >= 0.6 is 0 Å². The van der Waals surface area contributed by atoms with Crippen LogP contribution in [-0.2, 0) is 4.79 Å². The number of piperidine rings is 1. The molecule has 108 valence electrons. The number of nitrogens with one attached hydrogen (secondary N) is 1. The highest BCUT2D eigenvalue weighted by Crippen LogP contribution is 2.28. The Morgan fingerprint density at radius 2 is 2.30 bits per heavy atom. The van der Waals surface area contributed by atoms with Crippen LogP contribution in [0.5, 0.6) is 0 Å². The molecule has 1 aromatic rings. The minimum atomic E-state index is -0.975. The van der Waals surface area contributed by atoms with Crippen LogP contribution in [0.2, 0.25) is 0 Å². The van der Waals surface area contributed by atoms with E-state index >= 15 is 0 Å². The number of carbonyl (C=O) groups excluding carboxylic acids is 1. The molecule has 7 heteroatoms. The maximum Gasteiger partial charge on any atom is 0.306 e. The molecule has 0 aromatic heterocycles. The fourth-order valence-corrected chi connectivity index (χ4v) is 2.36. The van der Waals surface area contributed by atoms with Gasteiger partial charge in [0.15, 0.2) is 0 Å². The van der Waals surface area contributed by atoms with Crippen LogP contribution in [0, 0.1) is 21.8 Å². The molecule has 6 nitrogen and oxygen atoms in total. The molecule has 1 N–H and O–H groups in total. The van der Waals surface area contributed by atoms with Gasteiger partial charge in [-0.3, -0.25) is 14.9 Å². The average molecular weight is 281 g/mol. The van der Waals surface area contributed by atoms with Crippen molar-refractivity contribution in [3.05, 3.63) is 34.1 Å². The van der Waals surface area contributed by atoms with E-state index in [1.165, 1.54) is 24.1 Å². The van der Waals surface area contributed by atoms with E-state index < -0.39 is 16.4 Å². The number of benzene rings is 1. The molecule has 1 atom stereocenters. The quantitative estimate of drug-likeness (QED) is 0.676. The third-order valence-corrected chi connectivity index (χ3v) is 3.49. The molecule has 1 fully saturated rings. The van der Waals surface area contributed by atoms with E-state index in [1.54, 1.807) is 0 Å². The van der Waals surface area contributed by atoms with Crippen molar-refractivity contribution < 1.29 is 14.1 Å². The Hall–Kier alpha value is -2.02. The van der Waals surface area contributed by atoms with Crippen molar-refractivity contribution in [1.29, 1.82) is 0 Å². The minimum absolute atomic E-state index is 0.0604. The van der Waals surface area contributed by atoms with Gasteiger partial charge in [-0.2, -0.15) is 4.39 Å². The first-order valence-corrected chi connectivity index (χ1v) is 6.43. The van der Waals surface area contributed by atoms with Gasteiger partial charge >= 0.3 is 5.69 Å². The first kappa shape index (κ1) is 14.4. The van der Waals surface area contributed by atoms with Gasteiger partial charge in [-0.1, -0.05) is 6.07 Å². The van der Waals surface area contributed by atoms with Gasteiger partial charge in [0.05, 0.1) is 16.5 Å². The predicted molar refractivity (Wildman–Crippen MR) is 72.1 cm³/mol. The smallest absolute Gasteiger partial charge is 0.306 e. The first-order valence-electron chi connectivity index (χ1n) is 6.43. The Morgan fingerprint density at radius 1 is 1.55 bits per heavy atom. The van der Waals surface area contributed by atoms with E-state index in [9.17, 15) is 19.3 Å². The summed E-state index contributed by atoms with van der Waals surface area (Å²) in [5, 5.41) is 13.8. The number of nitro groups is 1. The normalized spacial score (nSPS) is 18.6. The molecule has 1 amide bonds. The van der Waals surface area contributed by atoms with Gasteiger partial charge in [0.2, 0.25) is 11.7 Å². The summed E-state index contributed by atoms with van der Waals surface area (Å²) in [6, 6.07) is 3.83. The lowest BCUT2D eigenvalue weighted by Crippen LogP contribution is -2.41. The molecule has 1 heterocycles. The molecule has 0 spiro atoms. The number of nitro benzene ring substituents is 1. The molecule has 0 radical (unpaired) electrons. The first-order chi connectivity index (χ1) is 9.52.